The third kappa shape index (κ3) is 5.05. The number of carbonyl (C=O) groups excluding carboxylic acids is 1. The molecule has 1 atom stereocenters. The van der Waals surface area contributed by atoms with Crippen LogP contribution in [0.25, 0.3) is 0 Å². The minimum absolute atomic E-state index is 0.0542. The molecule has 0 aliphatic carbocycles. The van der Waals surface area contributed by atoms with Crippen LogP contribution in [0.2, 0.25) is 0 Å². The molecule has 2 aliphatic heterocycles. The normalized spacial score (nSPS) is 17.2. The lowest BCUT2D eigenvalue weighted by Gasteiger charge is -2.27. The second-order valence-corrected chi connectivity index (χ2v) is 13.1. The highest BCUT2D eigenvalue weighted by atomic mass is 32.2. The first-order chi connectivity index (χ1) is 17.2. The molecule has 9 heteroatoms. The molecule has 7 nitrogen and oxygen atoms in total. The van der Waals surface area contributed by atoms with Crippen molar-refractivity contribution in [1.82, 2.24) is 9.88 Å². The molecule has 5 rings (SSSR count). The smallest absolute Gasteiger partial charge is 0.230 e. The van der Waals surface area contributed by atoms with Gasteiger partial charge in [-0.15, -0.1) is 11.3 Å². The number of hydrogen-bond donors (Lipinski definition) is 1. The number of anilines is 1. The Morgan fingerprint density at radius 1 is 1.19 bits per heavy atom. The number of aromatic nitrogens is 1. The monoisotopic (exact) mass is 525 g/mol. The van der Waals surface area contributed by atoms with Crippen LogP contribution in [0.3, 0.4) is 0 Å². The van der Waals surface area contributed by atoms with Gasteiger partial charge in [0.15, 0.2) is 15.0 Å². The summed E-state index contributed by atoms with van der Waals surface area (Å²) in [6.07, 6.45) is 1.13. The third-order valence-corrected chi connectivity index (χ3v) is 9.51. The maximum absolute atomic E-state index is 12.7. The summed E-state index contributed by atoms with van der Waals surface area (Å²) in [5.74, 6) is 1.28. The summed E-state index contributed by atoms with van der Waals surface area (Å²) in [4.78, 5) is 21.4. The molecule has 0 bridgehead atoms. The van der Waals surface area contributed by atoms with Gasteiger partial charge in [0.2, 0.25) is 5.91 Å². The van der Waals surface area contributed by atoms with Crippen LogP contribution in [0.1, 0.15) is 54.1 Å². The predicted octanol–water partition coefficient (Wildman–Crippen LogP) is 4.77. The molecule has 0 fully saturated rings. The number of sulfone groups is 1. The highest BCUT2D eigenvalue weighted by molar-refractivity contribution is 7.91. The van der Waals surface area contributed by atoms with E-state index in [1.54, 1.807) is 42.5 Å². The molecule has 2 aromatic carbocycles. The van der Waals surface area contributed by atoms with Gasteiger partial charge in [-0.25, -0.2) is 13.4 Å². The number of nitrogens with zero attached hydrogens (tertiary/aromatic N) is 2. The van der Waals surface area contributed by atoms with E-state index in [-0.39, 0.29) is 29.0 Å². The Morgan fingerprint density at radius 2 is 1.94 bits per heavy atom. The van der Waals surface area contributed by atoms with Crippen LogP contribution in [0.5, 0.6) is 5.75 Å². The number of fused-ring (bicyclic) bond motifs is 2. The lowest BCUT2D eigenvalue weighted by atomic mass is 10.0. The Balaban J connectivity index is 1.24. The van der Waals surface area contributed by atoms with E-state index in [4.69, 9.17) is 9.72 Å². The average Bonchev–Trinajstić information content (AvgIpc) is 3.53. The number of hydrogen-bond acceptors (Lipinski definition) is 7. The van der Waals surface area contributed by atoms with Crippen LogP contribution in [0.4, 0.5) is 5.13 Å². The van der Waals surface area contributed by atoms with Crippen LogP contribution >= 0.6 is 11.3 Å². The zero-order valence-electron chi connectivity index (χ0n) is 20.8. The molecule has 3 aromatic rings. The van der Waals surface area contributed by atoms with Crippen LogP contribution in [0.15, 0.2) is 47.4 Å². The zero-order valence-corrected chi connectivity index (χ0v) is 22.4. The maximum atomic E-state index is 12.7. The fraction of sp³-hybridized carbons (Fsp3) is 0.407. The van der Waals surface area contributed by atoms with Gasteiger partial charge in [0.05, 0.1) is 35.4 Å². The standard InChI is InChI=1S/C27H31N3O4S2/c1-4-36(32,33)21-8-5-18(6-9-21)14-24(31)28-27-29-25-23(35-27)16-30(26(25)17(2)3)15-19-7-10-22-20(13-19)11-12-34-22/h5-10,13,17,26H,4,11-12,14-16H2,1-3H3,(H,28,29,31)/t26-/m0/s1. The van der Waals surface area contributed by atoms with Gasteiger partial charge in [-0.3, -0.25) is 9.69 Å². The van der Waals surface area contributed by atoms with Crippen molar-refractivity contribution < 1.29 is 17.9 Å². The quantitative estimate of drug-likeness (QED) is 0.456. The van der Waals surface area contributed by atoms with Crippen LogP contribution in [-0.2, 0) is 40.6 Å². The van der Waals surface area contributed by atoms with E-state index in [0.717, 1.165) is 43.1 Å². The summed E-state index contributed by atoms with van der Waals surface area (Å²) in [6, 6.07) is 13.2. The second kappa shape index (κ2) is 9.95. The predicted molar refractivity (Wildman–Crippen MR) is 141 cm³/mol. The van der Waals surface area contributed by atoms with E-state index in [0.29, 0.717) is 11.0 Å². The Bertz CT molecular complexity index is 1380. The van der Waals surface area contributed by atoms with E-state index in [9.17, 15) is 13.2 Å². The summed E-state index contributed by atoms with van der Waals surface area (Å²) in [5, 5.41) is 3.57. The molecule has 36 heavy (non-hydrogen) atoms. The Kier molecular flexibility index (Phi) is 6.89. The highest BCUT2D eigenvalue weighted by Crippen LogP contribution is 2.43. The Morgan fingerprint density at radius 3 is 2.67 bits per heavy atom. The number of rotatable bonds is 8. The number of ether oxygens (including phenoxy) is 1. The molecule has 0 radical (unpaired) electrons. The summed E-state index contributed by atoms with van der Waals surface area (Å²) < 4.78 is 29.6. The summed E-state index contributed by atoms with van der Waals surface area (Å²) in [5.41, 5.74) is 4.39. The largest absolute Gasteiger partial charge is 0.493 e. The second-order valence-electron chi connectivity index (χ2n) is 9.73. The molecule has 2 aliphatic rings. The molecular weight excluding hydrogens is 494 g/mol. The molecule has 190 valence electrons. The van der Waals surface area contributed by atoms with Crippen molar-refractivity contribution in [3.05, 3.63) is 69.7 Å². The third-order valence-electron chi connectivity index (χ3n) is 6.79. The maximum Gasteiger partial charge on any atom is 0.230 e. The Hall–Kier alpha value is -2.75. The Labute approximate surface area is 216 Å². The zero-order chi connectivity index (χ0) is 25.4. The van der Waals surface area contributed by atoms with Crippen LogP contribution in [-0.4, -0.2) is 36.6 Å². The SMILES string of the molecule is CCS(=O)(=O)c1ccc(CC(=O)Nc2nc3c(s2)CN(Cc2ccc4c(c2)CCO4)[C@H]3C(C)C)cc1. The summed E-state index contributed by atoms with van der Waals surface area (Å²) in [7, 11) is -3.25. The summed E-state index contributed by atoms with van der Waals surface area (Å²) in [6.45, 7) is 8.47. The average molecular weight is 526 g/mol. The lowest BCUT2D eigenvalue weighted by Crippen LogP contribution is -2.26. The van der Waals surface area contributed by atoms with Gasteiger partial charge >= 0.3 is 0 Å². The van der Waals surface area contributed by atoms with Gasteiger partial charge in [-0.2, -0.15) is 0 Å². The molecule has 3 heterocycles. The molecule has 0 saturated heterocycles. The highest BCUT2D eigenvalue weighted by Gasteiger charge is 2.36. The number of amides is 1. The number of carbonyl (C=O) groups is 1. The van der Waals surface area contributed by atoms with Gasteiger partial charge in [0, 0.05) is 24.4 Å². The molecule has 1 amide bonds. The molecule has 1 N–H and O–H groups in total. The topological polar surface area (TPSA) is 88.6 Å². The van der Waals surface area contributed by atoms with Crippen molar-refractivity contribution in [2.75, 3.05) is 17.7 Å². The molecule has 1 aromatic heterocycles. The molecule has 0 saturated carbocycles. The van der Waals surface area contributed by atoms with Gasteiger partial charge in [-0.05, 0) is 40.8 Å². The first kappa shape index (κ1) is 24.9. The van der Waals surface area contributed by atoms with Gasteiger partial charge in [0.25, 0.3) is 0 Å². The van der Waals surface area contributed by atoms with E-state index in [2.05, 4.69) is 42.3 Å². The number of benzene rings is 2. The summed E-state index contributed by atoms with van der Waals surface area (Å²) >= 11 is 1.54. The first-order valence-electron chi connectivity index (χ1n) is 12.3. The van der Waals surface area contributed by atoms with Crippen molar-refractivity contribution in [2.24, 2.45) is 5.92 Å². The van der Waals surface area contributed by atoms with Crippen LogP contribution < -0.4 is 10.1 Å². The minimum atomic E-state index is -3.25. The van der Waals surface area contributed by atoms with Gasteiger partial charge in [-0.1, -0.05) is 45.0 Å². The number of nitrogens with one attached hydrogen (secondary N) is 1. The van der Waals surface area contributed by atoms with E-state index in [1.807, 2.05) is 0 Å². The van der Waals surface area contributed by atoms with E-state index < -0.39 is 9.84 Å². The van der Waals surface area contributed by atoms with Crippen molar-refractivity contribution in [1.29, 1.82) is 0 Å². The van der Waals surface area contributed by atoms with Crippen LogP contribution in [0, 0.1) is 5.92 Å². The fourth-order valence-electron chi connectivity index (χ4n) is 5.01. The van der Waals surface area contributed by atoms with Gasteiger partial charge in [0.1, 0.15) is 5.75 Å². The van der Waals surface area contributed by atoms with Crippen molar-refractivity contribution in [2.45, 2.75) is 57.6 Å². The number of thiazole rings is 1. The van der Waals surface area contributed by atoms with Crippen molar-refractivity contribution >= 4 is 32.2 Å². The van der Waals surface area contributed by atoms with Crippen molar-refractivity contribution in [3.8, 4) is 5.75 Å². The van der Waals surface area contributed by atoms with E-state index in [1.165, 1.54) is 16.0 Å². The molecular formula is C27H31N3O4S2. The molecule has 0 spiro atoms. The minimum Gasteiger partial charge on any atom is -0.493 e. The first-order valence-corrected chi connectivity index (χ1v) is 14.8. The lowest BCUT2D eigenvalue weighted by molar-refractivity contribution is -0.115. The van der Waals surface area contributed by atoms with Gasteiger partial charge < -0.3 is 10.1 Å². The van der Waals surface area contributed by atoms with Crippen molar-refractivity contribution in [3.63, 3.8) is 0 Å². The van der Waals surface area contributed by atoms with E-state index >= 15 is 0 Å². The fourth-order valence-corrected chi connectivity index (χ4v) is 6.94. The molecule has 0 unspecified atom stereocenters.